The molecule has 2 amide bonds. The summed E-state index contributed by atoms with van der Waals surface area (Å²) in [7, 11) is 0. The summed E-state index contributed by atoms with van der Waals surface area (Å²) in [6.07, 6.45) is 0.697. The first-order valence-electron chi connectivity index (χ1n) is 7.19. The number of carboxylic acids is 1. The second-order valence-electron chi connectivity index (χ2n) is 5.63. The molecule has 0 fully saturated rings. The number of hydrogen-bond acceptors (Lipinski definition) is 3. The van der Waals surface area contributed by atoms with Crippen LogP contribution in [0, 0.1) is 11.8 Å². The average Bonchev–Trinajstić information content (AvgIpc) is 2.93. The lowest BCUT2D eigenvalue weighted by molar-refractivity contribution is -0.137. The molecule has 0 saturated carbocycles. The highest BCUT2D eigenvalue weighted by Crippen LogP contribution is 2.25. The fourth-order valence-corrected chi connectivity index (χ4v) is 2.91. The van der Waals surface area contributed by atoms with Gasteiger partial charge >= 0.3 is 12.0 Å². The highest BCUT2D eigenvalue weighted by atomic mass is 32.1. The maximum Gasteiger partial charge on any atom is 0.315 e. The molecule has 3 N–H and O–H groups in total. The van der Waals surface area contributed by atoms with E-state index in [1.165, 1.54) is 0 Å². The van der Waals surface area contributed by atoms with Gasteiger partial charge < -0.3 is 15.7 Å². The first-order valence-corrected chi connectivity index (χ1v) is 8.07. The first kappa shape index (κ1) is 17.5. The summed E-state index contributed by atoms with van der Waals surface area (Å²) in [6, 6.07) is 3.79. The van der Waals surface area contributed by atoms with E-state index in [4.69, 9.17) is 5.11 Å². The Hall–Kier alpha value is -1.56. The molecule has 5 nitrogen and oxygen atoms in total. The summed E-state index contributed by atoms with van der Waals surface area (Å²) in [6.45, 7) is 6.55. The number of rotatable bonds is 8. The Morgan fingerprint density at radius 1 is 1.33 bits per heavy atom. The monoisotopic (exact) mass is 312 g/mol. The van der Waals surface area contributed by atoms with Crippen molar-refractivity contribution in [3.05, 3.63) is 22.4 Å². The van der Waals surface area contributed by atoms with Crippen molar-refractivity contribution in [3.8, 4) is 0 Å². The molecule has 2 atom stereocenters. The number of carbonyl (C=O) groups is 2. The van der Waals surface area contributed by atoms with Gasteiger partial charge in [-0.25, -0.2) is 4.79 Å². The van der Waals surface area contributed by atoms with Crippen LogP contribution in [0.5, 0.6) is 0 Å². The Morgan fingerprint density at radius 3 is 2.57 bits per heavy atom. The van der Waals surface area contributed by atoms with Crippen LogP contribution in [0.2, 0.25) is 0 Å². The van der Waals surface area contributed by atoms with Crippen molar-refractivity contribution >= 4 is 23.3 Å². The van der Waals surface area contributed by atoms with E-state index < -0.39 is 5.97 Å². The van der Waals surface area contributed by atoms with Crippen LogP contribution in [-0.2, 0) is 4.79 Å². The molecule has 0 aromatic carbocycles. The molecule has 0 radical (unpaired) electrons. The van der Waals surface area contributed by atoms with Gasteiger partial charge in [-0.05, 0) is 29.7 Å². The Bertz CT molecular complexity index is 446. The molecule has 2 unspecified atom stereocenters. The summed E-state index contributed by atoms with van der Waals surface area (Å²) in [4.78, 5) is 23.6. The molecule has 0 bridgehead atoms. The third-order valence-corrected chi connectivity index (χ3v) is 4.22. The number of nitrogens with one attached hydrogen (secondary N) is 2. The van der Waals surface area contributed by atoms with Gasteiger partial charge in [0.2, 0.25) is 0 Å². The largest absolute Gasteiger partial charge is 0.481 e. The SMILES string of the molecule is CC(CCC(=O)O)CNC(=O)NC(c1cccs1)C(C)C. The van der Waals surface area contributed by atoms with E-state index in [0.29, 0.717) is 18.9 Å². The zero-order valence-corrected chi connectivity index (χ0v) is 13.6. The van der Waals surface area contributed by atoms with E-state index in [-0.39, 0.29) is 24.4 Å². The highest BCUT2D eigenvalue weighted by Gasteiger charge is 2.19. The molecule has 1 rings (SSSR count). The minimum absolute atomic E-state index is 0.000624. The van der Waals surface area contributed by atoms with Gasteiger partial charge in [0.05, 0.1) is 6.04 Å². The Labute approximate surface area is 129 Å². The van der Waals surface area contributed by atoms with Crippen molar-refractivity contribution in [3.63, 3.8) is 0 Å². The van der Waals surface area contributed by atoms with Crippen LogP contribution in [0.25, 0.3) is 0 Å². The number of hydrogen-bond donors (Lipinski definition) is 3. The van der Waals surface area contributed by atoms with Gasteiger partial charge in [-0.1, -0.05) is 26.8 Å². The van der Waals surface area contributed by atoms with E-state index in [9.17, 15) is 9.59 Å². The Balaban J connectivity index is 2.39. The summed E-state index contributed by atoms with van der Waals surface area (Å²) in [5, 5.41) is 16.4. The van der Waals surface area contributed by atoms with Crippen LogP contribution in [-0.4, -0.2) is 23.7 Å². The van der Waals surface area contributed by atoms with Crippen LogP contribution in [0.1, 0.15) is 44.5 Å². The fourth-order valence-electron chi connectivity index (χ4n) is 1.97. The molecular formula is C15H24N2O3S. The molecular weight excluding hydrogens is 288 g/mol. The normalized spacial score (nSPS) is 13.7. The average molecular weight is 312 g/mol. The molecule has 21 heavy (non-hydrogen) atoms. The summed E-state index contributed by atoms with van der Waals surface area (Å²) < 4.78 is 0. The van der Waals surface area contributed by atoms with Crippen molar-refractivity contribution in [1.82, 2.24) is 10.6 Å². The van der Waals surface area contributed by atoms with Crippen molar-refractivity contribution in [2.75, 3.05) is 6.54 Å². The van der Waals surface area contributed by atoms with Crippen LogP contribution < -0.4 is 10.6 Å². The lowest BCUT2D eigenvalue weighted by Gasteiger charge is -2.22. The van der Waals surface area contributed by atoms with Crippen molar-refractivity contribution in [2.45, 2.75) is 39.7 Å². The fraction of sp³-hybridized carbons (Fsp3) is 0.600. The van der Waals surface area contributed by atoms with Gasteiger partial charge in [0.1, 0.15) is 0 Å². The quantitative estimate of drug-likeness (QED) is 0.689. The van der Waals surface area contributed by atoms with E-state index >= 15 is 0 Å². The van der Waals surface area contributed by atoms with Crippen LogP contribution in [0.3, 0.4) is 0 Å². The van der Waals surface area contributed by atoms with Crippen molar-refractivity contribution in [1.29, 1.82) is 0 Å². The molecule has 118 valence electrons. The standard InChI is InChI=1S/C15H24N2O3S/c1-10(2)14(12-5-4-8-21-12)17-15(20)16-9-11(3)6-7-13(18)19/h4-5,8,10-11,14H,6-7,9H2,1-3H3,(H,18,19)(H2,16,17,20). The van der Waals surface area contributed by atoms with Crippen LogP contribution in [0.15, 0.2) is 17.5 Å². The number of carbonyl (C=O) groups excluding carboxylic acids is 1. The van der Waals surface area contributed by atoms with Gasteiger partial charge in [-0.15, -0.1) is 11.3 Å². The van der Waals surface area contributed by atoms with Gasteiger partial charge in [-0.2, -0.15) is 0 Å². The highest BCUT2D eigenvalue weighted by molar-refractivity contribution is 7.10. The van der Waals surface area contributed by atoms with E-state index in [2.05, 4.69) is 24.5 Å². The third-order valence-electron chi connectivity index (χ3n) is 3.27. The smallest absolute Gasteiger partial charge is 0.315 e. The topological polar surface area (TPSA) is 78.4 Å². The molecule has 0 aliphatic heterocycles. The minimum atomic E-state index is -0.802. The maximum absolute atomic E-state index is 12.0. The second-order valence-corrected chi connectivity index (χ2v) is 6.61. The van der Waals surface area contributed by atoms with Crippen molar-refractivity contribution < 1.29 is 14.7 Å². The predicted molar refractivity (Wildman–Crippen MR) is 84.5 cm³/mol. The lowest BCUT2D eigenvalue weighted by Crippen LogP contribution is -2.41. The van der Waals surface area contributed by atoms with Gasteiger partial charge in [0, 0.05) is 17.8 Å². The van der Waals surface area contributed by atoms with Gasteiger partial charge in [-0.3, -0.25) is 4.79 Å². The molecule has 0 aliphatic rings. The molecule has 1 aromatic rings. The third kappa shape index (κ3) is 6.62. The summed E-state index contributed by atoms with van der Waals surface area (Å²) >= 11 is 1.63. The Kier molecular flexibility index (Phi) is 7.22. The van der Waals surface area contributed by atoms with Crippen molar-refractivity contribution in [2.24, 2.45) is 11.8 Å². The molecule has 1 aromatic heterocycles. The predicted octanol–water partition coefficient (Wildman–Crippen LogP) is 3.25. The van der Waals surface area contributed by atoms with E-state index in [0.717, 1.165) is 4.88 Å². The lowest BCUT2D eigenvalue weighted by atomic mass is 10.0. The van der Waals surface area contributed by atoms with Gasteiger partial charge in [0.15, 0.2) is 0 Å². The molecule has 6 heteroatoms. The molecule has 0 spiro atoms. The van der Waals surface area contributed by atoms with E-state index in [1.807, 2.05) is 24.4 Å². The van der Waals surface area contributed by atoms with E-state index in [1.54, 1.807) is 11.3 Å². The zero-order valence-electron chi connectivity index (χ0n) is 12.8. The molecule has 0 aliphatic carbocycles. The molecule has 0 saturated heterocycles. The zero-order chi connectivity index (χ0) is 15.8. The summed E-state index contributed by atoms with van der Waals surface area (Å²) in [5.41, 5.74) is 0. The van der Waals surface area contributed by atoms with Crippen LogP contribution >= 0.6 is 11.3 Å². The maximum atomic E-state index is 12.0. The first-order chi connectivity index (χ1) is 9.90. The number of urea groups is 1. The number of carboxylic acid groups (broad SMARTS) is 1. The molecule has 1 heterocycles. The number of thiophene rings is 1. The number of amides is 2. The second kappa shape index (κ2) is 8.67. The van der Waals surface area contributed by atoms with Gasteiger partial charge in [0.25, 0.3) is 0 Å². The summed E-state index contributed by atoms with van der Waals surface area (Å²) in [5.74, 6) is -0.353. The Morgan fingerprint density at radius 2 is 2.05 bits per heavy atom. The van der Waals surface area contributed by atoms with Crippen LogP contribution in [0.4, 0.5) is 4.79 Å². The minimum Gasteiger partial charge on any atom is -0.481 e. The number of aliphatic carboxylic acids is 1.